The van der Waals surface area contributed by atoms with Crippen LogP contribution in [-0.2, 0) is 26.0 Å². The molecule has 212 valence electrons. The second-order valence-corrected chi connectivity index (χ2v) is 10.5. The number of nitrogens with one attached hydrogen (secondary N) is 2. The lowest BCUT2D eigenvalue weighted by molar-refractivity contribution is -0.125. The first-order valence-corrected chi connectivity index (χ1v) is 14.1. The quantitative estimate of drug-likeness (QED) is 0.373. The summed E-state index contributed by atoms with van der Waals surface area (Å²) in [5.41, 5.74) is 1.58. The minimum Gasteiger partial charge on any atom is -0.768 e. The molecule has 1 unspecified atom stereocenters. The van der Waals surface area contributed by atoms with Gasteiger partial charge in [0.2, 0.25) is 5.91 Å². The lowest BCUT2D eigenvalue weighted by atomic mass is 9.73. The summed E-state index contributed by atoms with van der Waals surface area (Å²) in [5, 5.41) is 14.6. The third-order valence-corrected chi connectivity index (χ3v) is 7.80. The second-order valence-electron chi connectivity index (χ2n) is 9.52. The highest BCUT2D eigenvalue weighted by Crippen LogP contribution is 2.37. The zero-order valence-corrected chi connectivity index (χ0v) is 22.7. The number of benzene rings is 2. The first-order valence-electron chi connectivity index (χ1n) is 13.0. The van der Waals surface area contributed by atoms with Crippen LogP contribution in [0.3, 0.4) is 0 Å². The van der Waals surface area contributed by atoms with Crippen molar-refractivity contribution in [1.29, 1.82) is 0 Å². The summed E-state index contributed by atoms with van der Waals surface area (Å²) in [6.45, 7) is 2.39. The molecule has 2 aliphatic heterocycles. The number of anilines is 1. The van der Waals surface area contributed by atoms with Crippen molar-refractivity contribution in [1.82, 2.24) is 10.3 Å². The van der Waals surface area contributed by atoms with Crippen LogP contribution in [0.2, 0.25) is 0 Å². The topological polar surface area (TPSA) is 133 Å². The van der Waals surface area contributed by atoms with Crippen LogP contribution in [0.5, 0.6) is 5.75 Å². The zero-order valence-electron chi connectivity index (χ0n) is 21.9. The summed E-state index contributed by atoms with van der Waals surface area (Å²) in [7, 11) is 1.61. The number of hydrogen-bond acceptors (Lipinski definition) is 8. The maximum absolute atomic E-state index is 13.5. The molecule has 3 heterocycles. The molecule has 3 N–H and O–H groups in total. The van der Waals surface area contributed by atoms with Gasteiger partial charge in [-0.2, -0.15) is 0 Å². The van der Waals surface area contributed by atoms with Gasteiger partial charge in [-0.3, -0.25) is 9.00 Å². The SMILES string of the molecule is COc1ccc(C2(C(=O)Nc3cccc(-c4ccc(S(=O)[O-])cc4)n3)CCOCC2)cc1.OC[C@H]1CCCN1.[HH].[HH]. The number of methoxy groups -OCH3 is 1. The maximum Gasteiger partial charge on any atom is 0.236 e. The lowest BCUT2D eigenvalue weighted by Gasteiger charge is -2.36. The molecule has 10 heteroatoms. The number of rotatable bonds is 7. The molecule has 0 bridgehead atoms. The molecule has 2 fully saturated rings. The number of aliphatic hydroxyl groups excluding tert-OH is 1. The van der Waals surface area contributed by atoms with Crippen LogP contribution < -0.4 is 15.4 Å². The van der Waals surface area contributed by atoms with Crippen molar-refractivity contribution < 1.29 is 31.0 Å². The molecule has 0 radical (unpaired) electrons. The number of aliphatic hydroxyl groups is 1. The maximum atomic E-state index is 13.5. The van der Waals surface area contributed by atoms with Crippen molar-refractivity contribution in [3.63, 3.8) is 0 Å². The molecule has 1 aromatic heterocycles. The summed E-state index contributed by atoms with van der Waals surface area (Å²) in [5.74, 6) is 1.04. The fourth-order valence-corrected chi connectivity index (χ4v) is 5.19. The molecular weight excluding hydrogens is 518 g/mol. The Hall–Kier alpha value is -3.15. The largest absolute Gasteiger partial charge is 0.768 e. The van der Waals surface area contributed by atoms with E-state index in [-0.39, 0.29) is 13.7 Å². The molecule has 3 aromatic rings. The lowest BCUT2D eigenvalue weighted by Crippen LogP contribution is -2.45. The molecule has 2 saturated heterocycles. The highest BCUT2D eigenvalue weighted by molar-refractivity contribution is 7.79. The van der Waals surface area contributed by atoms with Crippen molar-refractivity contribution in [2.24, 2.45) is 0 Å². The van der Waals surface area contributed by atoms with Gasteiger partial charge in [-0.15, -0.1) is 0 Å². The monoisotopic (exact) mass is 556 g/mol. The van der Waals surface area contributed by atoms with Crippen LogP contribution in [0.15, 0.2) is 71.6 Å². The summed E-state index contributed by atoms with van der Waals surface area (Å²) in [6, 6.07) is 19.8. The summed E-state index contributed by atoms with van der Waals surface area (Å²) < 4.78 is 32.9. The molecule has 39 heavy (non-hydrogen) atoms. The first kappa shape index (κ1) is 28.8. The number of pyridine rings is 1. The van der Waals surface area contributed by atoms with Gasteiger partial charge in [0, 0.05) is 32.6 Å². The zero-order chi connectivity index (χ0) is 27.7. The predicted octanol–water partition coefficient (Wildman–Crippen LogP) is 3.90. The normalized spacial score (nSPS) is 18.9. The van der Waals surface area contributed by atoms with Crippen LogP contribution in [0.1, 0.15) is 34.1 Å². The Morgan fingerprint density at radius 3 is 2.46 bits per heavy atom. The summed E-state index contributed by atoms with van der Waals surface area (Å²) in [4.78, 5) is 18.3. The van der Waals surface area contributed by atoms with E-state index in [0.717, 1.165) is 29.8 Å². The fraction of sp³-hybridized carbons (Fsp3) is 0.379. The Morgan fingerprint density at radius 1 is 1.18 bits per heavy atom. The van der Waals surface area contributed by atoms with Crippen molar-refractivity contribution >= 4 is 22.8 Å². The summed E-state index contributed by atoms with van der Waals surface area (Å²) in [6.07, 6.45) is 3.51. The van der Waals surface area contributed by atoms with Crippen LogP contribution in [0.4, 0.5) is 5.82 Å². The van der Waals surface area contributed by atoms with E-state index in [1.807, 2.05) is 36.4 Å². The van der Waals surface area contributed by atoms with Gasteiger partial charge in [-0.05, 0) is 85.3 Å². The van der Waals surface area contributed by atoms with Crippen molar-refractivity contribution in [3.05, 3.63) is 72.3 Å². The van der Waals surface area contributed by atoms with Crippen LogP contribution in [0, 0.1) is 0 Å². The fourth-order valence-electron chi connectivity index (χ4n) is 4.83. The number of nitrogens with zero attached hydrogens (tertiary/aromatic N) is 1. The molecule has 5 rings (SSSR count). The van der Waals surface area contributed by atoms with Crippen LogP contribution in [-0.4, -0.2) is 64.3 Å². The van der Waals surface area contributed by atoms with E-state index in [0.29, 0.717) is 50.2 Å². The van der Waals surface area contributed by atoms with E-state index in [4.69, 9.17) is 14.6 Å². The van der Waals surface area contributed by atoms with E-state index in [9.17, 15) is 13.6 Å². The standard InChI is InChI=1S/C24H24N2O5S.C5H11NO.2H2/c1-30-19-9-7-18(8-10-19)24(13-15-31-16-14-24)23(27)26-22-4-2-3-21(25-22)17-5-11-20(12-6-17)32(28)29;7-4-5-2-1-3-6-5;;/h2-12H,13-16H2,1H3,(H,28,29)(H,25,26,27);5-7H,1-4H2;2*1H/p-1/t;5-;;/m.1../s1. The average molecular weight is 557 g/mol. The molecule has 2 aromatic carbocycles. The van der Waals surface area contributed by atoms with E-state index >= 15 is 0 Å². The van der Waals surface area contributed by atoms with Crippen molar-refractivity contribution in [2.45, 2.75) is 42.0 Å². The number of carbonyl (C=O) groups excluding carboxylic acids is 1. The Bertz CT molecular complexity index is 1250. The highest BCUT2D eigenvalue weighted by Gasteiger charge is 2.42. The predicted molar refractivity (Wildman–Crippen MR) is 153 cm³/mol. The smallest absolute Gasteiger partial charge is 0.236 e. The average Bonchev–Trinajstić information content (AvgIpc) is 3.52. The molecule has 0 spiro atoms. The van der Waals surface area contributed by atoms with E-state index in [1.165, 1.54) is 18.6 Å². The van der Waals surface area contributed by atoms with Crippen molar-refractivity contribution in [3.8, 4) is 17.0 Å². The van der Waals surface area contributed by atoms with E-state index in [2.05, 4.69) is 15.6 Å². The van der Waals surface area contributed by atoms with E-state index < -0.39 is 16.5 Å². The number of hydrogen-bond donors (Lipinski definition) is 3. The highest BCUT2D eigenvalue weighted by atomic mass is 32.2. The molecule has 9 nitrogen and oxygen atoms in total. The first-order chi connectivity index (χ1) is 18.9. The Labute approximate surface area is 234 Å². The number of carbonyl (C=O) groups is 1. The summed E-state index contributed by atoms with van der Waals surface area (Å²) >= 11 is -2.28. The number of aromatic nitrogens is 1. The minimum absolute atomic E-state index is 0. The number of amides is 1. The molecular formula is C29H38N3O6S-. The minimum atomic E-state index is -2.28. The van der Waals surface area contributed by atoms with Gasteiger partial charge in [-0.1, -0.05) is 30.3 Å². The number of ether oxygens (including phenoxy) is 2. The third kappa shape index (κ3) is 7.28. The van der Waals surface area contributed by atoms with Crippen LogP contribution in [0.25, 0.3) is 11.3 Å². The molecule has 0 saturated carbocycles. The van der Waals surface area contributed by atoms with Gasteiger partial charge in [0.1, 0.15) is 11.6 Å². The second kappa shape index (κ2) is 13.8. The van der Waals surface area contributed by atoms with Gasteiger partial charge in [0.05, 0.1) is 24.8 Å². The van der Waals surface area contributed by atoms with Gasteiger partial charge in [0.15, 0.2) is 0 Å². The van der Waals surface area contributed by atoms with E-state index in [1.54, 1.807) is 25.3 Å². The third-order valence-electron chi connectivity index (χ3n) is 7.14. The van der Waals surface area contributed by atoms with Gasteiger partial charge >= 0.3 is 0 Å². The molecule has 0 aliphatic carbocycles. The molecule has 1 amide bonds. The molecule has 2 aliphatic rings. The molecule has 2 atom stereocenters. The van der Waals surface area contributed by atoms with Crippen LogP contribution >= 0.6 is 0 Å². The van der Waals surface area contributed by atoms with Gasteiger partial charge < -0.3 is 29.8 Å². The van der Waals surface area contributed by atoms with Crippen molar-refractivity contribution in [2.75, 3.05) is 38.8 Å². The Balaban J connectivity index is 0.000000573. The Morgan fingerprint density at radius 2 is 1.90 bits per heavy atom. The Kier molecular flexibility index (Phi) is 10.2. The van der Waals surface area contributed by atoms with Gasteiger partial charge in [-0.25, -0.2) is 4.98 Å². The van der Waals surface area contributed by atoms with Gasteiger partial charge in [0.25, 0.3) is 0 Å².